The second kappa shape index (κ2) is 58.9. The van der Waals surface area contributed by atoms with Gasteiger partial charge in [0.25, 0.3) is 0 Å². The minimum Gasteiger partial charge on any atom is -0.462 e. The SMILES string of the molecule is CC/C=C\C/C=C\C/C=C\C/C=C\CCCCC(=O)OC(COCCCCCCCCCCCCCCCCCCCCCC)COC(=O)CCCCCCCCC/C=C\CCCCCCCC. The van der Waals surface area contributed by atoms with Gasteiger partial charge in [0.05, 0.1) is 6.61 Å². The summed E-state index contributed by atoms with van der Waals surface area (Å²) in [6.07, 6.45) is 75.4. The van der Waals surface area contributed by atoms with Crippen molar-refractivity contribution >= 4 is 11.9 Å². The first-order valence-corrected chi connectivity index (χ1v) is 29.8. The summed E-state index contributed by atoms with van der Waals surface area (Å²) >= 11 is 0. The molecule has 0 N–H and O–H groups in total. The second-order valence-electron chi connectivity index (χ2n) is 19.9. The molecule has 0 rings (SSSR count). The monoisotopic (exact) mass is 951 g/mol. The Hall–Kier alpha value is -2.40. The van der Waals surface area contributed by atoms with Gasteiger partial charge in [-0.2, -0.15) is 0 Å². The predicted octanol–water partition coefficient (Wildman–Crippen LogP) is 20.5. The van der Waals surface area contributed by atoms with Crippen molar-refractivity contribution in [2.75, 3.05) is 19.8 Å². The molecule has 0 bridgehead atoms. The topological polar surface area (TPSA) is 61.8 Å². The summed E-state index contributed by atoms with van der Waals surface area (Å²) in [6, 6.07) is 0. The number of carbonyl (C=O) groups excluding carboxylic acids is 2. The summed E-state index contributed by atoms with van der Waals surface area (Å²) in [4.78, 5) is 25.5. The van der Waals surface area contributed by atoms with E-state index in [1.54, 1.807) is 0 Å². The molecule has 0 heterocycles. The van der Waals surface area contributed by atoms with Crippen molar-refractivity contribution in [1.82, 2.24) is 0 Å². The Kier molecular flexibility index (Phi) is 56.8. The lowest BCUT2D eigenvalue weighted by atomic mass is 10.0. The largest absolute Gasteiger partial charge is 0.462 e. The maximum atomic E-state index is 12.8. The molecule has 0 amide bonds. The van der Waals surface area contributed by atoms with Gasteiger partial charge in [-0.1, -0.05) is 268 Å². The van der Waals surface area contributed by atoms with Crippen LogP contribution in [0.15, 0.2) is 60.8 Å². The zero-order valence-corrected chi connectivity index (χ0v) is 45.6. The molecule has 0 aliphatic heterocycles. The zero-order chi connectivity index (χ0) is 49.2. The second-order valence-corrected chi connectivity index (χ2v) is 19.9. The molecule has 0 aromatic heterocycles. The first kappa shape index (κ1) is 65.6. The molecule has 1 unspecified atom stereocenters. The average Bonchev–Trinajstić information content (AvgIpc) is 3.34. The lowest BCUT2D eigenvalue weighted by molar-refractivity contribution is -0.163. The maximum Gasteiger partial charge on any atom is 0.306 e. The Bertz CT molecular complexity index is 1170. The lowest BCUT2D eigenvalue weighted by Crippen LogP contribution is -2.30. The van der Waals surface area contributed by atoms with E-state index in [0.717, 1.165) is 77.0 Å². The van der Waals surface area contributed by atoms with Crippen LogP contribution in [0, 0.1) is 0 Å². The van der Waals surface area contributed by atoms with Crippen molar-refractivity contribution in [3.8, 4) is 0 Å². The van der Waals surface area contributed by atoms with E-state index < -0.39 is 6.10 Å². The summed E-state index contributed by atoms with van der Waals surface area (Å²) in [5.41, 5.74) is 0. The molecule has 0 saturated heterocycles. The molecule has 68 heavy (non-hydrogen) atoms. The van der Waals surface area contributed by atoms with Crippen molar-refractivity contribution in [2.24, 2.45) is 0 Å². The lowest BCUT2D eigenvalue weighted by Gasteiger charge is -2.18. The Balaban J connectivity index is 4.28. The summed E-state index contributed by atoms with van der Waals surface area (Å²) < 4.78 is 17.5. The first-order chi connectivity index (χ1) is 33.6. The molecule has 1 atom stereocenters. The van der Waals surface area contributed by atoms with Gasteiger partial charge in [-0.05, 0) is 83.5 Å². The van der Waals surface area contributed by atoms with Crippen LogP contribution in [0.3, 0.4) is 0 Å². The van der Waals surface area contributed by atoms with Crippen LogP contribution >= 0.6 is 0 Å². The standard InChI is InChI=1S/C63H114O5/c1-4-7-10-13-16-19-22-25-28-30-31-32-34-37-40-43-46-49-52-55-58-66-59-61(68-63(65)57-54-51-48-45-42-39-35-27-24-21-18-15-12-9-6-3)60-67-62(64)56-53-50-47-44-41-38-36-33-29-26-23-20-17-14-11-8-5-2/h9,12,18,21,26-27,29,35,42,45,61H,4-8,10-11,13-17,19-20,22-25,28,30-34,36-41,43-44,46-60H2,1-3H3/b12-9-,21-18-,29-26-,35-27-,45-42-. The van der Waals surface area contributed by atoms with Gasteiger partial charge in [0.1, 0.15) is 6.61 Å². The summed E-state index contributed by atoms with van der Waals surface area (Å²) in [7, 11) is 0. The fourth-order valence-electron chi connectivity index (χ4n) is 8.62. The van der Waals surface area contributed by atoms with E-state index in [1.807, 2.05) is 0 Å². The van der Waals surface area contributed by atoms with Crippen LogP contribution < -0.4 is 0 Å². The number of esters is 2. The Morgan fingerprint density at radius 3 is 1.10 bits per heavy atom. The van der Waals surface area contributed by atoms with E-state index >= 15 is 0 Å². The van der Waals surface area contributed by atoms with Gasteiger partial charge in [0.2, 0.25) is 0 Å². The van der Waals surface area contributed by atoms with Gasteiger partial charge in [0.15, 0.2) is 6.10 Å². The minimum absolute atomic E-state index is 0.0686. The highest BCUT2D eigenvalue weighted by Gasteiger charge is 2.17. The van der Waals surface area contributed by atoms with Gasteiger partial charge < -0.3 is 14.2 Å². The van der Waals surface area contributed by atoms with Crippen LogP contribution in [0.25, 0.3) is 0 Å². The molecule has 396 valence electrons. The van der Waals surface area contributed by atoms with Gasteiger partial charge in [-0.15, -0.1) is 0 Å². The summed E-state index contributed by atoms with van der Waals surface area (Å²) in [6.45, 7) is 7.71. The van der Waals surface area contributed by atoms with Crippen LogP contribution in [0.5, 0.6) is 0 Å². The fraction of sp³-hybridized carbons (Fsp3) is 0.810. The third kappa shape index (κ3) is 56.2. The van der Waals surface area contributed by atoms with Crippen molar-refractivity contribution in [3.63, 3.8) is 0 Å². The Morgan fingerprint density at radius 2 is 0.662 bits per heavy atom. The van der Waals surface area contributed by atoms with Gasteiger partial charge in [0, 0.05) is 19.4 Å². The smallest absolute Gasteiger partial charge is 0.306 e. The number of allylic oxidation sites excluding steroid dienone is 10. The molecular weight excluding hydrogens is 837 g/mol. The van der Waals surface area contributed by atoms with E-state index in [0.29, 0.717) is 19.4 Å². The number of hydrogen-bond donors (Lipinski definition) is 0. The van der Waals surface area contributed by atoms with E-state index in [-0.39, 0.29) is 25.2 Å². The van der Waals surface area contributed by atoms with Crippen LogP contribution in [0.4, 0.5) is 0 Å². The number of hydrogen-bond acceptors (Lipinski definition) is 5. The fourth-order valence-corrected chi connectivity index (χ4v) is 8.62. The third-order valence-corrected chi connectivity index (χ3v) is 13.0. The summed E-state index contributed by atoms with van der Waals surface area (Å²) in [5.74, 6) is -0.436. The predicted molar refractivity (Wildman–Crippen MR) is 298 cm³/mol. The van der Waals surface area contributed by atoms with Gasteiger partial charge >= 0.3 is 11.9 Å². The highest BCUT2D eigenvalue weighted by atomic mass is 16.6. The Morgan fingerprint density at radius 1 is 0.338 bits per heavy atom. The van der Waals surface area contributed by atoms with Crippen LogP contribution in [0.2, 0.25) is 0 Å². The molecule has 0 radical (unpaired) electrons. The van der Waals surface area contributed by atoms with Crippen LogP contribution in [-0.4, -0.2) is 37.9 Å². The van der Waals surface area contributed by atoms with Crippen LogP contribution in [-0.2, 0) is 23.8 Å². The molecular formula is C63H114O5. The number of unbranched alkanes of at least 4 members (excludes halogenated alkanes) is 34. The van der Waals surface area contributed by atoms with E-state index in [2.05, 4.69) is 81.5 Å². The molecule has 0 spiro atoms. The maximum absolute atomic E-state index is 12.8. The van der Waals surface area contributed by atoms with Gasteiger partial charge in [-0.3, -0.25) is 9.59 Å². The van der Waals surface area contributed by atoms with Crippen molar-refractivity contribution in [2.45, 2.75) is 309 Å². The highest BCUT2D eigenvalue weighted by Crippen LogP contribution is 2.16. The highest BCUT2D eigenvalue weighted by molar-refractivity contribution is 5.70. The van der Waals surface area contributed by atoms with E-state index in [9.17, 15) is 9.59 Å². The number of ether oxygens (including phenoxy) is 3. The van der Waals surface area contributed by atoms with E-state index in [4.69, 9.17) is 14.2 Å². The molecule has 0 aromatic rings. The number of rotatable bonds is 55. The molecule has 0 fully saturated rings. The van der Waals surface area contributed by atoms with E-state index in [1.165, 1.54) is 193 Å². The molecule has 0 aliphatic rings. The first-order valence-electron chi connectivity index (χ1n) is 29.8. The molecule has 5 heteroatoms. The Labute approximate surface area is 424 Å². The van der Waals surface area contributed by atoms with Crippen molar-refractivity contribution in [1.29, 1.82) is 0 Å². The third-order valence-electron chi connectivity index (χ3n) is 13.0. The van der Waals surface area contributed by atoms with Crippen molar-refractivity contribution < 1.29 is 23.8 Å². The van der Waals surface area contributed by atoms with Gasteiger partial charge in [-0.25, -0.2) is 0 Å². The molecule has 0 aromatic carbocycles. The molecule has 0 saturated carbocycles. The van der Waals surface area contributed by atoms with Crippen LogP contribution in [0.1, 0.15) is 303 Å². The summed E-state index contributed by atoms with van der Waals surface area (Å²) in [5, 5.41) is 0. The van der Waals surface area contributed by atoms with Crippen molar-refractivity contribution in [3.05, 3.63) is 60.8 Å². The average molecular weight is 952 g/mol. The minimum atomic E-state index is -0.559. The molecule has 0 aliphatic carbocycles. The number of carbonyl (C=O) groups is 2. The zero-order valence-electron chi connectivity index (χ0n) is 45.6. The quantitative estimate of drug-likeness (QED) is 0.0345. The molecule has 5 nitrogen and oxygen atoms in total. The normalized spacial score (nSPS) is 12.6.